The van der Waals surface area contributed by atoms with Crippen LogP contribution in [0.1, 0.15) is 32.6 Å². The minimum Gasteiger partial charge on any atom is -0.394 e. The van der Waals surface area contributed by atoms with Gasteiger partial charge in [-0.3, -0.25) is 0 Å². The first-order valence-corrected chi connectivity index (χ1v) is 14.7. The molecule has 246 valence electrons. The van der Waals surface area contributed by atoms with Gasteiger partial charge in [0.1, 0.15) is 48.8 Å². The van der Waals surface area contributed by atoms with Crippen molar-refractivity contribution in [2.45, 2.75) is 143 Å². The standard InChI is InChI=1S/C25H50N6O11/c1-2-8(27)12-4-3-9(28)23(37-12)40-20-11(30)5-10(29)16(33)22(20)42-25-19(36)21(14(7-32)39-25)41-24-15(31)18(35)17(34)13(6-26)38-24/h8-25,32-36H,2-7,26-31H2,1H3/t8?,9-,10-,11+,12+,13+,14-,15-,16+,17-,18-,19-,20-,21-,22-,23-,24-,25+/m1/s1. The lowest BCUT2D eigenvalue weighted by atomic mass is 9.84. The van der Waals surface area contributed by atoms with E-state index < -0.39 is 105 Å². The molecule has 0 bridgehead atoms. The highest BCUT2D eigenvalue weighted by atomic mass is 16.8. The van der Waals surface area contributed by atoms with Crippen molar-refractivity contribution in [3.8, 4) is 0 Å². The van der Waals surface area contributed by atoms with E-state index in [2.05, 4.69) is 0 Å². The van der Waals surface area contributed by atoms with E-state index in [9.17, 15) is 25.5 Å². The Morgan fingerprint density at radius 2 is 1.36 bits per heavy atom. The minimum absolute atomic E-state index is 0.134. The summed E-state index contributed by atoms with van der Waals surface area (Å²) in [4.78, 5) is 0. The van der Waals surface area contributed by atoms with E-state index in [0.717, 1.165) is 0 Å². The summed E-state index contributed by atoms with van der Waals surface area (Å²) in [5.74, 6) is 0. The second-order valence-corrected chi connectivity index (χ2v) is 11.8. The van der Waals surface area contributed by atoms with Crippen molar-refractivity contribution in [2.75, 3.05) is 13.2 Å². The third kappa shape index (κ3) is 7.08. The number of ether oxygens (including phenoxy) is 6. The molecule has 0 radical (unpaired) electrons. The Labute approximate surface area is 244 Å². The number of aliphatic hydroxyl groups excluding tert-OH is 5. The van der Waals surface area contributed by atoms with Crippen molar-refractivity contribution in [1.82, 2.24) is 0 Å². The van der Waals surface area contributed by atoms with E-state index in [4.69, 9.17) is 62.8 Å². The summed E-state index contributed by atoms with van der Waals surface area (Å²) in [7, 11) is 0. The third-order valence-electron chi connectivity index (χ3n) is 8.78. The summed E-state index contributed by atoms with van der Waals surface area (Å²) in [5, 5.41) is 52.7. The molecule has 0 aromatic rings. The van der Waals surface area contributed by atoms with Crippen LogP contribution in [0.25, 0.3) is 0 Å². The summed E-state index contributed by atoms with van der Waals surface area (Å²) in [5.41, 5.74) is 36.7. The molecule has 18 atom stereocenters. The van der Waals surface area contributed by atoms with Crippen LogP contribution >= 0.6 is 0 Å². The normalized spacial score (nSPS) is 51.0. The van der Waals surface area contributed by atoms with Gasteiger partial charge >= 0.3 is 0 Å². The molecule has 17 nitrogen and oxygen atoms in total. The molecular formula is C25H50N6O11. The van der Waals surface area contributed by atoms with Gasteiger partial charge in [-0.05, 0) is 25.7 Å². The SMILES string of the molecule is CCC(N)[C@@H]1CC[C@@H](N)[C@@H](O[C@H]2[C@H](O[C@@H]3O[C@H](CO)[C@@H](O[C@H]4O[C@@H](CN)[C@@H](O)[C@H](O)[C@H]4N)[C@H]3O)[C@@H](O)[C@H](N)C[C@@H]2N)O1. The van der Waals surface area contributed by atoms with Gasteiger partial charge in [0, 0.05) is 24.7 Å². The molecule has 0 aromatic heterocycles. The Morgan fingerprint density at radius 3 is 2.00 bits per heavy atom. The Hall–Kier alpha value is -0.680. The van der Waals surface area contributed by atoms with Crippen LogP contribution in [0.4, 0.5) is 0 Å². The minimum atomic E-state index is -1.53. The van der Waals surface area contributed by atoms with Crippen LogP contribution in [0.3, 0.4) is 0 Å². The molecule has 17 heteroatoms. The molecule has 4 fully saturated rings. The largest absolute Gasteiger partial charge is 0.394 e. The van der Waals surface area contributed by atoms with E-state index >= 15 is 0 Å². The molecule has 0 aromatic carbocycles. The van der Waals surface area contributed by atoms with Crippen LogP contribution in [0.5, 0.6) is 0 Å². The molecule has 3 saturated heterocycles. The van der Waals surface area contributed by atoms with Crippen LogP contribution < -0.4 is 34.4 Å². The van der Waals surface area contributed by atoms with Crippen molar-refractivity contribution in [3.05, 3.63) is 0 Å². The van der Waals surface area contributed by atoms with E-state index in [1.165, 1.54) is 0 Å². The Morgan fingerprint density at radius 1 is 0.714 bits per heavy atom. The van der Waals surface area contributed by atoms with Crippen LogP contribution in [0.2, 0.25) is 0 Å². The number of aliphatic hydroxyl groups is 5. The van der Waals surface area contributed by atoms with Crippen molar-refractivity contribution in [2.24, 2.45) is 34.4 Å². The number of rotatable bonds is 10. The lowest BCUT2D eigenvalue weighted by molar-refractivity contribution is -0.290. The summed E-state index contributed by atoms with van der Waals surface area (Å²) in [6.45, 7) is 1.23. The third-order valence-corrected chi connectivity index (χ3v) is 8.78. The Kier molecular flexibility index (Phi) is 11.9. The average Bonchev–Trinajstić information content (AvgIpc) is 3.27. The van der Waals surface area contributed by atoms with E-state index in [0.29, 0.717) is 19.3 Å². The molecule has 3 aliphatic heterocycles. The first-order valence-electron chi connectivity index (χ1n) is 14.7. The fraction of sp³-hybridized carbons (Fsp3) is 1.00. The zero-order valence-electron chi connectivity index (χ0n) is 23.8. The average molecular weight is 611 g/mol. The van der Waals surface area contributed by atoms with Crippen LogP contribution in [-0.4, -0.2) is 149 Å². The summed E-state index contributed by atoms with van der Waals surface area (Å²) < 4.78 is 35.6. The zero-order chi connectivity index (χ0) is 30.9. The summed E-state index contributed by atoms with van der Waals surface area (Å²) in [6, 6.07) is -3.37. The van der Waals surface area contributed by atoms with E-state index in [1.807, 2.05) is 6.92 Å². The highest BCUT2D eigenvalue weighted by Gasteiger charge is 2.53. The van der Waals surface area contributed by atoms with Gasteiger partial charge in [-0.15, -0.1) is 0 Å². The van der Waals surface area contributed by atoms with Gasteiger partial charge in [0.05, 0.1) is 30.9 Å². The van der Waals surface area contributed by atoms with Gasteiger partial charge in [-0.2, -0.15) is 0 Å². The number of nitrogens with two attached hydrogens (primary N) is 6. The molecule has 3 heterocycles. The Balaban J connectivity index is 1.48. The fourth-order valence-corrected chi connectivity index (χ4v) is 6.02. The van der Waals surface area contributed by atoms with Crippen LogP contribution in [0.15, 0.2) is 0 Å². The molecule has 42 heavy (non-hydrogen) atoms. The molecule has 0 spiro atoms. The maximum atomic E-state index is 11.2. The second-order valence-electron chi connectivity index (χ2n) is 11.8. The summed E-state index contributed by atoms with van der Waals surface area (Å²) >= 11 is 0. The van der Waals surface area contributed by atoms with Crippen molar-refractivity contribution >= 4 is 0 Å². The molecule has 4 rings (SSSR count). The van der Waals surface area contributed by atoms with Gasteiger partial charge in [0.2, 0.25) is 0 Å². The molecule has 1 aliphatic carbocycles. The lowest BCUT2D eigenvalue weighted by Crippen LogP contribution is -2.65. The first kappa shape index (κ1) is 34.2. The van der Waals surface area contributed by atoms with Crippen molar-refractivity contribution < 1.29 is 54.0 Å². The van der Waals surface area contributed by atoms with Crippen molar-refractivity contribution in [3.63, 3.8) is 0 Å². The number of hydrogen-bond donors (Lipinski definition) is 11. The first-order chi connectivity index (χ1) is 19.9. The maximum absolute atomic E-state index is 11.2. The number of hydrogen-bond acceptors (Lipinski definition) is 17. The molecule has 4 aliphatic rings. The quantitative estimate of drug-likeness (QED) is 0.110. The van der Waals surface area contributed by atoms with E-state index in [-0.39, 0.29) is 25.1 Å². The van der Waals surface area contributed by atoms with Gasteiger partial charge in [0.25, 0.3) is 0 Å². The monoisotopic (exact) mass is 610 g/mol. The topological polar surface area (TPSA) is 313 Å². The maximum Gasteiger partial charge on any atom is 0.187 e. The van der Waals surface area contributed by atoms with Gasteiger partial charge in [-0.1, -0.05) is 6.92 Å². The Bertz CT molecular complexity index is 853. The highest BCUT2D eigenvalue weighted by molar-refractivity contribution is 5.01. The van der Waals surface area contributed by atoms with Crippen LogP contribution in [-0.2, 0) is 28.4 Å². The second kappa shape index (κ2) is 14.6. The fourth-order valence-electron chi connectivity index (χ4n) is 6.02. The predicted molar refractivity (Wildman–Crippen MR) is 145 cm³/mol. The zero-order valence-corrected chi connectivity index (χ0v) is 23.8. The molecule has 1 saturated carbocycles. The molecule has 17 N–H and O–H groups in total. The summed E-state index contributed by atoms with van der Waals surface area (Å²) in [6.07, 6.45) is -12.8. The van der Waals surface area contributed by atoms with Crippen LogP contribution in [0, 0.1) is 0 Å². The van der Waals surface area contributed by atoms with Gasteiger partial charge < -0.3 is 88.4 Å². The predicted octanol–water partition coefficient (Wildman–Crippen LogP) is -6.06. The molecular weight excluding hydrogens is 560 g/mol. The van der Waals surface area contributed by atoms with E-state index in [1.54, 1.807) is 0 Å². The smallest absolute Gasteiger partial charge is 0.187 e. The molecule has 1 unspecified atom stereocenters. The highest BCUT2D eigenvalue weighted by Crippen LogP contribution is 2.34. The lowest BCUT2D eigenvalue weighted by Gasteiger charge is -2.46. The van der Waals surface area contributed by atoms with Gasteiger partial charge in [0.15, 0.2) is 18.9 Å². The molecule has 0 amide bonds. The van der Waals surface area contributed by atoms with Gasteiger partial charge in [-0.25, -0.2) is 0 Å². The van der Waals surface area contributed by atoms with Crippen molar-refractivity contribution in [1.29, 1.82) is 0 Å².